The van der Waals surface area contributed by atoms with Crippen molar-refractivity contribution in [1.29, 1.82) is 5.26 Å². The van der Waals surface area contributed by atoms with E-state index in [-0.39, 0.29) is 5.57 Å². The number of nitriles is 1. The van der Waals surface area contributed by atoms with Crippen molar-refractivity contribution in [3.8, 4) is 17.6 Å². The lowest BCUT2D eigenvalue weighted by molar-refractivity contribution is -0.112. The summed E-state index contributed by atoms with van der Waals surface area (Å²) in [4.78, 5) is 12.8. The fraction of sp³-hybridized carbons (Fsp3) is 0.0714. The number of methoxy groups -OCH3 is 1. The van der Waals surface area contributed by atoms with Crippen LogP contribution in [-0.4, -0.2) is 13.0 Å². The summed E-state index contributed by atoms with van der Waals surface area (Å²) in [7, 11) is 1.52. The van der Waals surface area contributed by atoms with Gasteiger partial charge in [0.25, 0.3) is 5.91 Å². The number of carbonyl (C=O) groups is 1. The van der Waals surface area contributed by atoms with Crippen LogP contribution in [0, 0.1) is 11.3 Å². The van der Waals surface area contributed by atoms with Crippen LogP contribution in [0.15, 0.2) is 96.6 Å². The van der Waals surface area contributed by atoms with Gasteiger partial charge in [-0.1, -0.05) is 72.8 Å². The van der Waals surface area contributed by atoms with Crippen LogP contribution in [0.1, 0.15) is 11.1 Å². The molecule has 5 heteroatoms. The molecule has 0 heterocycles. The Morgan fingerprint density at radius 2 is 1.61 bits per heavy atom. The van der Waals surface area contributed by atoms with Gasteiger partial charge in [0, 0.05) is 5.56 Å². The first-order chi connectivity index (χ1) is 16.2. The van der Waals surface area contributed by atoms with Gasteiger partial charge in [0.1, 0.15) is 29.7 Å². The van der Waals surface area contributed by atoms with Crippen LogP contribution in [0.25, 0.3) is 16.8 Å². The number of hydrogen-bond donors (Lipinski definition) is 1. The van der Waals surface area contributed by atoms with Gasteiger partial charge in [-0.3, -0.25) is 4.79 Å². The number of amides is 1. The largest absolute Gasteiger partial charge is 0.495 e. The predicted molar refractivity (Wildman–Crippen MR) is 130 cm³/mol. The smallest absolute Gasteiger partial charge is 0.266 e. The fourth-order valence-corrected chi connectivity index (χ4v) is 3.55. The molecule has 1 amide bonds. The van der Waals surface area contributed by atoms with Gasteiger partial charge in [-0.05, 0) is 40.6 Å². The Morgan fingerprint density at radius 1 is 0.909 bits per heavy atom. The zero-order valence-corrected chi connectivity index (χ0v) is 18.1. The van der Waals surface area contributed by atoms with Gasteiger partial charge in [-0.25, -0.2) is 0 Å². The first kappa shape index (κ1) is 21.7. The molecule has 0 aliphatic heterocycles. The van der Waals surface area contributed by atoms with Crippen LogP contribution >= 0.6 is 0 Å². The third-order valence-electron chi connectivity index (χ3n) is 5.20. The maximum absolute atomic E-state index is 12.8. The minimum atomic E-state index is -0.522. The first-order valence-electron chi connectivity index (χ1n) is 10.4. The molecule has 4 rings (SSSR count). The van der Waals surface area contributed by atoms with Gasteiger partial charge in [-0.2, -0.15) is 5.26 Å². The van der Waals surface area contributed by atoms with E-state index >= 15 is 0 Å². The minimum absolute atomic E-state index is 0.0397. The molecule has 1 N–H and O–H groups in total. The van der Waals surface area contributed by atoms with Gasteiger partial charge in [-0.15, -0.1) is 0 Å². The quantitative estimate of drug-likeness (QED) is 0.287. The molecule has 0 aliphatic carbocycles. The zero-order chi connectivity index (χ0) is 23.0. The van der Waals surface area contributed by atoms with Crippen molar-refractivity contribution >= 4 is 28.4 Å². The number of fused-ring (bicyclic) bond motifs is 1. The van der Waals surface area contributed by atoms with E-state index in [0.29, 0.717) is 29.4 Å². The van der Waals surface area contributed by atoms with Crippen molar-refractivity contribution < 1.29 is 14.3 Å². The number of anilines is 1. The van der Waals surface area contributed by atoms with Crippen molar-refractivity contribution in [3.63, 3.8) is 0 Å². The Morgan fingerprint density at radius 3 is 2.42 bits per heavy atom. The highest BCUT2D eigenvalue weighted by molar-refractivity contribution is 6.10. The molecule has 33 heavy (non-hydrogen) atoms. The lowest BCUT2D eigenvalue weighted by Crippen LogP contribution is -2.14. The van der Waals surface area contributed by atoms with Gasteiger partial charge >= 0.3 is 0 Å². The van der Waals surface area contributed by atoms with Crippen LogP contribution < -0.4 is 14.8 Å². The molecular formula is C28H22N2O3. The molecule has 0 saturated carbocycles. The molecule has 0 spiro atoms. The Bertz CT molecular complexity index is 1360. The average Bonchev–Trinajstić information content (AvgIpc) is 2.86. The summed E-state index contributed by atoms with van der Waals surface area (Å²) in [5.41, 5.74) is 2.15. The standard InChI is InChI=1S/C28H22N2O3/c1-32-27-16-7-5-14-25(27)30-28(31)23(18-29)17-21-10-3-6-15-26(21)33-19-22-12-8-11-20-9-2-4-13-24(20)22/h2-17H,19H2,1H3,(H,30,31)/b23-17+. The number of ether oxygens (including phenoxy) is 2. The second kappa shape index (κ2) is 10.2. The van der Waals surface area contributed by atoms with E-state index in [1.165, 1.54) is 13.2 Å². The van der Waals surface area contributed by atoms with Gasteiger partial charge in [0.2, 0.25) is 0 Å². The Balaban J connectivity index is 1.56. The summed E-state index contributed by atoms with van der Waals surface area (Å²) in [5, 5.41) is 14.6. The summed E-state index contributed by atoms with van der Waals surface area (Å²) in [6.07, 6.45) is 1.53. The Labute approximate surface area is 192 Å². The molecule has 0 bridgehead atoms. The van der Waals surface area contributed by atoms with Crippen molar-refractivity contribution in [2.45, 2.75) is 6.61 Å². The fourth-order valence-electron chi connectivity index (χ4n) is 3.55. The molecule has 0 aliphatic rings. The van der Waals surface area contributed by atoms with Crippen molar-refractivity contribution in [3.05, 3.63) is 108 Å². The zero-order valence-electron chi connectivity index (χ0n) is 18.1. The van der Waals surface area contributed by atoms with E-state index in [0.717, 1.165) is 16.3 Å². The van der Waals surface area contributed by atoms with Crippen LogP contribution in [-0.2, 0) is 11.4 Å². The highest BCUT2D eigenvalue weighted by Crippen LogP contribution is 2.26. The number of carbonyl (C=O) groups excluding carboxylic acids is 1. The van der Waals surface area contributed by atoms with E-state index < -0.39 is 5.91 Å². The molecule has 162 valence electrons. The van der Waals surface area contributed by atoms with Crippen molar-refractivity contribution in [1.82, 2.24) is 0 Å². The number of hydrogen-bond acceptors (Lipinski definition) is 4. The van der Waals surface area contributed by atoms with Crippen LogP contribution in [0.4, 0.5) is 5.69 Å². The lowest BCUT2D eigenvalue weighted by atomic mass is 10.1. The average molecular weight is 434 g/mol. The maximum atomic E-state index is 12.8. The normalized spacial score (nSPS) is 11.0. The molecular weight excluding hydrogens is 412 g/mol. The van der Waals surface area contributed by atoms with Crippen molar-refractivity contribution in [2.75, 3.05) is 12.4 Å². The molecule has 4 aromatic rings. The molecule has 0 radical (unpaired) electrons. The van der Waals surface area contributed by atoms with Crippen LogP contribution in [0.3, 0.4) is 0 Å². The van der Waals surface area contributed by atoms with E-state index in [9.17, 15) is 10.1 Å². The van der Waals surface area contributed by atoms with Crippen LogP contribution in [0.5, 0.6) is 11.5 Å². The Kier molecular flexibility index (Phi) is 6.67. The highest BCUT2D eigenvalue weighted by atomic mass is 16.5. The molecule has 0 fully saturated rings. The molecule has 0 unspecified atom stereocenters. The highest BCUT2D eigenvalue weighted by Gasteiger charge is 2.13. The number of benzene rings is 4. The number of nitrogens with zero attached hydrogens (tertiary/aromatic N) is 1. The molecule has 0 saturated heterocycles. The summed E-state index contributed by atoms with van der Waals surface area (Å²) in [6.45, 7) is 0.363. The van der Waals surface area contributed by atoms with Gasteiger partial charge < -0.3 is 14.8 Å². The Hall–Kier alpha value is -4.56. The first-order valence-corrected chi connectivity index (χ1v) is 10.4. The maximum Gasteiger partial charge on any atom is 0.266 e. The van der Waals surface area contributed by atoms with Gasteiger partial charge in [0.15, 0.2) is 0 Å². The molecule has 0 aromatic heterocycles. The number of nitrogens with one attached hydrogen (secondary N) is 1. The lowest BCUT2D eigenvalue weighted by Gasteiger charge is -2.12. The summed E-state index contributed by atoms with van der Waals surface area (Å²) in [5.74, 6) is 0.580. The summed E-state index contributed by atoms with van der Waals surface area (Å²) >= 11 is 0. The molecule has 0 atom stereocenters. The van der Waals surface area contributed by atoms with Crippen LogP contribution in [0.2, 0.25) is 0 Å². The predicted octanol–water partition coefficient (Wildman–Crippen LogP) is 5.97. The van der Waals surface area contributed by atoms with Crippen molar-refractivity contribution in [2.24, 2.45) is 0 Å². The third-order valence-corrected chi connectivity index (χ3v) is 5.20. The van der Waals surface area contributed by atoms with E-state index in [1.54, 1.807) is 24.3 Å². The third kappa shape index (κ3) is 5.03. The second-order valence-corrected chi connectivity index (χ2v) is 7.29. The summed E-state index contributed by atoms with van der Waals surface area (Å²) < 4.78 is 11.4. The minimum Gasteiger partial charge on any atom is -0.495 e. The van der Waals surface area contributed by atoms with Gasteiger partial charge in [0.05, 0.1) is 12.8 Å². The molecule has 5 nitrogen and oxygen atoms in total. The second-order valence-electron chi connectivity index (χ2n) is 7.29. The topological polar surface area (TPSA) is 71.3 Å². The van der Waals surface area contributed by atoms with E-state index in [4.69, 9.17) is 9.47 Å². The SMILES string of the molecule is COc1ccccc1NC(=O)/C(C#N)=C/c1ccccc1OCc1cccc2ccccc12. The molecule has 4 aromatic carbocycles. The number of para-hydroxylation sites is 3. The van der Waals surface area contributed by atoms with E-state index in [2.05, 4.69) is 23.5 Å². The monoisotopic (exact) mass is 434 g/mol. The summed E-state index contributed by atoms with van der Waals surface area (Å²) in [6, 6.07) is 30.6. The van der Waals surface area contributed by atoms with E-state index in [1.807, 2.05) is 54.6 Å². The number of rotatable bonds is 7.